The van der Waals surface area contributed by atoms with E-state index in [1.54, 1.807) is 18.2 Å². The third-order valence-corrected chi connectivity index (χ3v) is 7.59. The number of nitrogens with zero attached hydrogens (tertiary/aromatic N) is 3. The molecule has 2 aromatic carbocycles. The highest BCUT2D eigenvalue weighted by Gasteiger charge is 2.43. The summed E-state index contributed by atoms with van der Waals surface area (Å²) in [5.41, 5.74) is 1.87. The molecule has 0 atom stereocenters. The summed E-state index contributed by atoms with van der Waals surface area (Å²) in [5, 5.41) is 25.6. The average Bonchev–Trinajstić information content (AvgIpc) is 3.66. The van der Waals surface area contributed by atoms with Crippen LogP contribution in [0, 0.1) is 0 Å². The molecule has 6 rings (SSSR count). The quantitative estimate of drug-likeness (QED) is 0.278. The van der Waals surface area contributed by atoms with Crippen LogP contribution in [0.4, 0.5) is 5.82 Å². The number of carboxylic acid groups (broad SMARTS) is 1. The predicted molar refractivity (Wildman–Crippen MR) is 142 cm³/mol. The van der Waals surface area contributed by atoms with E-state index in [4.69, 9.17) is 32.5 Å². The lowest BCUT2D eigenvalue weighted by molar-refractivity contribution is 0.00701. The second kappa shape index (κ2) is 9.62. The Balaban J connectivity index is 1.16. The number of aromatic carboxylic acids is 1. The van der Waals surface area contributed by atoms with Gasteiger partial charge in [-0.15, -0.1) is 0 Å². The molecular formula is C28H23Cl2N3O5. The van der Waals surface area contributed by atoms with Gasteiger partial charge in [0.25, 0.3) is 0 Å². The van der Waals surface area contributed by atoms with E-state index in [0.29, 0.717) is 51.9 Å². The molecule has 1 aliphatic heterocycles. The van der Waals surface area contributed by atoms with E-state index in [-0.39, 0.29) is 12.2 Å². The summed E-state index contributed by atoms with van der Waals surface area (Å²) in [6, 6.07) is 15.5. The molecule has 8 nitrogen and oxygen atoms in total. The highest BCUT2D eigenvalue weighted by Crippen LogP contribution is 2.46. The Morgan fingerprint density at radius 1 is 1.11 bits per heavy atom. The SMILES string of the molecule is O=C(O)c1ccnc(N2CC(O)(c3ccc(OCc4c(-c5c(Cl)cccc5Cl)noc4C4CC4)cc3)C2)c1. The molecule has 4 aromatic rings. The molecule has 0 spiro atoms. The first-order valence-electron chi connectivity index (χ1n) is 12.2. The molecule has 2 N–H and O–H groups in total. The molecule has 2 aliphatic rings. The van der Waals surface area contributed by atoms with Gasteiger partial charge < -0.3 is 24.4 Å². The maximum absolute atomic E-state index is 11.2. The van der Waals surface area contributed by atoms with Crippen LogP contribution in [0.25, 0.3) is 11.3 Å². The number of carbonyl (C=O) groups is 1. The summed E-state index contributed by atoms with van der Waals surface area (Å²) in [5.74, 6) is 1.25. The molecule has 1 saturated carbocycles. The topological polar surface area (TPSA) is 109 Å². The van der Waals surface area contributed by atoms with Gasteiger partial charge in [0, 0.05) is 17.7 Å². The predicted octanol–water partition coefficient (Wildman–Crippen LogP) is 5.91. The van der Waals surface area contributed by atoms with E-state index in [2.05, 4.69) is 10.1 Å². The summed E-state index contributed by atoms with van der Waals surface area (Å²) in [6.45, 7) is 0.836. The standard InChI is InChI=1S/C28H23Cl2N3O5/c29-21-2-1-3-22(30)24(21)25-20(26(38-32-25)16-4-5-16)13-37-19-8-6-18(7-9-19)28(36)14-33(15-28)23-12-17(27(34)35)10-11-31-23/h1-3,6-12,16,36H,4-5,13-15H2,(H,34,35). The summed E-state index contributed by atoms with van der Waals surface area (Å²) in [7, 11) is 0. The molecule has 38 heavy (non-hydrogen) atoms. The zero-order chi connectivity index (χ0) is 26.4. The molecule has 10 heteroatoms. The number of hydrogen-bond acceptors (Lipinski definition) is 7. The van der Waals surface area contributed by atoms with Crippen LogP contribution in [0.5, 0.6) is 5.75 Å². The van der Waals surface area contributed by atoms with Gasteiger partial charge in [-0.05, 0) is 54.8 Å². The smallest absolute Gasteiger partial charge is 0.335 e. The Bertz CT molecular complexity index is 1490. The second-order valence-corrected chi connectivity index (χ2v) is 10.5. The summed E-state index contributed by atoms with van der Waals surface area (Å²) in [4.78, 5) is 17.3. The fraction of sp³-hybridized carbons (Fsp3) is 0.250. The minimum atomic E-state index is -1.07. The molecule has 1 saturated heterocycles. The summed E-state index contributed by atoms with van der Waals surface area (Å²) in [6.07, 6.45) is 3.54. The number of carboxylic acids is 1. The Labute approximate surface area is 228 Å². The number of benzene rings is 2. The van der Waals surface area contributed by atoms with Crippen LogP contribution < -0.4 is 9.64 Å². The highest BCUT2D eigenvalue weighted by molar-refractivity contribution is 6.39. The number of ether oxygens (including phenoxy) is 1. The number of halogens is 2. The van der Waals surface area contributed by atoms with E-state index in [0.717, 1.165) is 29.7 Å². The van der Waals surface area contributed by atoms with Gasteiger partial charge in [-0.2, -0.15) is 0 Å². The largest absolute Gasteiger partial charge is 0.489 e. The summed E-state index contributed by atoms with van der Waals surface area (Å²) < 4.78 is 11.8. The second-order valence-electron chi connectivity index (χ2n) is 9.65. The molecule has 0 unspecified atom stereocenters. The zero-order valence-corrected chi connectivity index (χ0v) is 21.6. The Morgan fingerprint density at radius 3 is 2.47 bits per heavy atom. The van der Waals surface area contributed by atoms with Crippen molar-refractivity contribution in [1.82, 2.24) is 10.1 Å². The van der Waals surface area contributed by atoms with Crippen molar-refractivity contribution >= 4 is 35.0 Å². The van der Waals surface area contributed by atoms with Gasteiger partial charge in [0.05, 0.1) is 34.3 Å². The molecular weight excluding hydrogens is 529 g/mol. The van der Waals surface area contributed by atoms with E-state index in [1.807, 2.05) is 29.2 Å². The normalized spacial score (nSPS) is 16.2. The lowest BCUT2D eigenvalue weighted by atomic mass is 9.86. The maximum atomic E-state index is 11.2. The lowest BCUT2D eigenvalue weighted by Gasteiger charge is -2.47. The van der Waals surface area contributed by atoms with Crippen molar-refractivity contribution in [2.24, 2.45) is 0 Å². The van der Waals surface area contributed by atoms with Crippen molar-refractivity contribution in [2.75, 3.05) is 18.0 Å². The van der Waals surface area contributed by atoms with Crippen LogP contribution in [-0.2, 0) is 12.2 Å². The molecule has 3 heterocycles. The van der Waals surface area contributed by atoms with E-state index in [9.17, 15) is 15.0 Å². The van der Waals surface area contributed by atoms with Crippen molar-refractivity contribution in [2.45, 2.75) is 31.0 Å². The monoisotopic (exact) mass is 551 g/mol. The third-order valence-electron chi connectivity index (χ3n) is 6.96. The molecule has 0 bridgehead atoms. The fourth-order valence-corrected chi connectivity index (χ4v) is 5.30. The van der Waals surface area contributed by atoms with Crippen LogP contribution in [0.1, 0.15) is 46.0 Å². The van der Waals surface area contributed by atoms with Crippen LogP contribution in [0.2, 0.25) is 10.0 Å². The number of rotatable bonds is 8. The Kier molecular flexibility index (Phi) is 6.26. The molecule has 2 aromatic heterocycles. The van der Waals surface area contributed by atoms with Crippen molar-refractivity contribution in [3.05, 3.63) is 93.3 Å². The van der Waals surface area contributed by atoms with Gasteiger partial charge in [-0.1, -0.05) is 46.6 Å². The van der Waals surface area contributed by atoms with Gasteiger partial charge in [0.2, 0.25) is 0 Å². The number of hydrogen-bond donors (Lipinski definition) is 2. The maximum Gasteiger partial charge on any atom is 0.335 e. The van der Waals surface area contributed by atoms with E-state index in [1.165, 1.54) is 18.3 Å². The number of pyridine rings is 1. The number of β-amino-alcohol motifs (C(OH)–C–C–N with tert-alkyl or cyclic N) is 1. The fourth-order valence-electron chi connectivity index (χ4n) is 4.72. The number of anilines is 1. The lowest BCUT2D eigenvalue weighted by Crippen LogP contribution is -2.59. The molecule has 0 radical (unpaired) electrons. The summed E-state index contributed by atoms with van der Waals surface area (Å²) >= 11 is 12.9. The van der Waals surface area contributed by atoms with Crippen molar-refractivity contribution in [3.8, 4) is 17.0 Å². The molecule has 2 fully saturated rings. The molecule has 0 amide bonds. The minimum absolute atomic E-state index is 0.157. The Hall–Kier alpha value is -3.59. The first-order chi connectivity index (χ1) is 18.3. The van der Waals surface area contributed by atoms with Gasteiger partial charge in [0.1, 0.15) is 35.2 Å². The van der Waals surface area contributed by atoms with Crippen LogP contribution in [0.15, 0.2) is 65.3 Å². The first-order valence-corrected chi connectivity index (χ1v) is 12.9. The highest BCUT2D eigenvalue weighted by atomic mass is 35.5. The van der Waals surface area contributed by atoms with Gasteiger partial charge in [-0.3, -0.25) is 0 Å². The van der Waals surface area contributed by atoms with Gasteiger partial charge in [-0.25, -0.2) is 9.78 Å². The molecule has 1 aliphatic carbocycles. The van der Waals surface area contributed by atoms with Gasteiger partial charge >= 0.3 is 5.97 Å². The minimum Gasteiger partial charge on any atom is -0.489 e. The van der Waals surface area contributed by atoms with Crippen molar-refractivity contribution < 1.29 is 24.3 Å². The number of aromatic nitrogens is 2. The third kappa shape index (κ3) is 4.60. The Morgan fingerprint density at radius 2 is 1.82 bits per heavy atom. The van der Waals surface area contributed by atoms with Gasteiger partial charge in [0.15, 0.2) is 0 Å². The zero-order valence-electron chi connectivity index (χ0n) is 20.1. The van der Waals surface area contributed by atoms with Crippen molar-refractivity contribution in [3.63, 3.8) is 0 Å². The van der Waals surface area contributed by atoms with E-state index >= 15 is 0 Å². The van der Waals surface area contributed by atoms with Crippen molar-refractivity contribution in [1.29, 1.82) is 0 Å². The average molecular weight is 552 g/mol. The number of aliphatic hydroxyl groups is 1. The molecule has 194 valence electrons. The van der Waals surface area contributed by atoms with E-state index < -0.39 is 11.6 Å². The van der Waals surface area contributed by atoms with Crippen LogP contribution >= 0.6 is 23.2 Å². The first kappa shape index (κ1) is 24.7. The van der Waals surface area contributed by atoms with Crippen LogP contribution in [0.3, 0.4) is 0 Å². The van der Waals surface area contributed by atoms with Crippen LogP contribution in [-0.4, -0.2) is 39.4 Å².